The minimum Gasteiger partial charge on any atom is -0.395 e. The van der Waals surface area contributed by atoms with Gasteiger partial charge in [0, 0.05) is 56.5 Å². The number of pyridine rings is 1. The van der Waals surface area contributed by atoms with E-state index in [9.17, 15) is 0 Å². The number of thiazole rings is 1. The molecule has 1 N–H and O–H groups in total. The van der Waals surface area contributed by atoms with E-state index < -0.39 is 0 Å². The number of hydrogen-bond donors (Lipinski definition) is 1. The Hall–Kier alpha value is -1.34. The van der Waals surface area contributed by atoms with Gasteiger partial charge in [-0.1, -0.05) is 6.07 Å². The fourth-order valence-electron chi connectivity index (χ4n) is 2.52. The monoisotopic (exact) mass is 304 g/mol. The van der Waals surface area contributed by atoms with Gasteiger partial charge in [0.25, 0.3) is 0 Å². The Labute approximate surface area is 128 Å². The van der Waals surface area contributed by atoms with Gasteiger partial charge in [-0.3, -0.25) is 14.8 Å². The van der Waals surface area contributed by atoms with E-state index >= 15 is 0 Å². The summed E-state index contributed by atoms with van der Waals surface area (Å²) in [6, 6.07) is 5.91. The van der Waals surface area contributed by atoms with E-state index in [0.717, 1.165) is 50.0 Å². The fourth-order valence-corrected chi connectivity index (χ4v) is 3.45. The molecule has 0 aliphatic carbocycles. The lowest BCUT2D eigenvalue weighted by Gasteiger charge is -2.33. The van der Waals surface area contributed by atoms with E-state index in [1.165, 1.54) is 4.88 Å². The summed E-state index contributed by atoms with van der Waals surface area (Å²) in [6.45, 7) is 6.17. The third-order valence-corrected chi connectivity index (χ3v) is 4.70. The van der Waals surface area contributed by atoms with Crippen LogP contribution in [0.25, 0.3) is 10.7 Å². The van der Waals surface area contributed by atoms with Crippen LogP contribution in [0.3, 0.4) is 0 Å². The molecule has 5 nitrogen and oxygen atoms in total. The average molecular weight is 304 g/mol. The minimum absolute atomic E-state index is 0.252. The molecule has 0 radical (unpaired) electrons. The van der Waals surface area contributed by atoms with Crippen molar-refractivity contribution in [2.45, 2.75) is 6.54 Å². The Bertz CT molecular complexity index is 552. The van der Waals surface area contributed by atoms with E-state index in [-0.39, 0.29) is 6.61 Å². The van der Waals surface area contributed by atoms with Crippen LogP contribution in [0.2, 0.25) is 0 Å². The maximum atomic E-state index is 8.96. The third-order valence-electron chi connectivity index (χ3n) is 3.70. The van der Waals surface area contributed by atoms with Gasteiger partial charge in [0.2, 0.25) is 0 Å². The van der Waals surface area contributed by atoms with Crippen LogP contribution < -0.4 is 0 Å². The van der Waals surface area contributed by atoms with E-state index in [1.54, 1.807) is 17.5 Å². The molecule has 3 heterocycles. The molecule has 0 aromatic carbocycles. The lowest BCUT2D eigenvalue weighted by Crippen LogP contribution is -2.46. The fraction of sp³-hybridized carbons (Fsp3) is 0.467. The Morgan fingerprint density at radius 3 is 2.62 bits per heavy atom. The summed E-state index contributed by atoms with van der Waals surface area (Å²) in [5, 5.41) is 9.95. The standard InChI is InChI=1S/C15H20N4OS/c20-10-9-18-5-7-19(8-6-18)12-13-11-17-15(21-13)14-3-1-2-4-16-14/h1-4,11,20H,5-10,12H2. The highest BCUT2D eigenvalue weighted by atomic mass is 32.1. The lowest BCUT2D eigenvalue weighted by molar-refractivity contribution is 0.109. The Balaban J connectivity index is 1.56. The second-order valence-electron chi connectivity index (χ2n) is 5.19. The van der Waals surface area contributed by atoms with Crippen LogP contribution in [0.15, 0.2) is 30.6 Å². The number of aliphatic hydroxyl groups is 1. The molecule has 1 aliphatic heterocycles. The van der Waals surface area contributed by atoms with Gasteiger partial charge < -0.3 is 5.11 Å². The van der Waals surface area contributed by atoms with Gasteiger partial charge in [-0.05, 0) is 12.1 Å². The van der Waals surface area contributed by atoms with Crippen LogP contribution in [0.4, 0.5) is 0 Å². The van der Waals surface area contributed by atoms with Crippen molar-refractivity contribution >= 4 is 11.3 Å². The van der Waals surface area contributed by atoms with Gasteiger partial charge in [-0.25, -0.2) is 4.98 Å². The zero-order valence-corrected chi connectivity index (χ0v) is 12.8. The average Bonchev–Trinajstić information content (AvgIpc) is 2.99. The first-order valence-corrected chi connectivity index (χ1v) is 8.08. The first-order chi connectivity index (χ1) is 10.3. The molecule has 1 aliphatic rings. The second kappa shape index (κ2) is 7.09. The van der Waals surface area contributed by atoms with Crippen LogP contribution in [0.1, 0.15) is 4.88 Å². The highest BCUT2D eigenvalue weighted by Crippen LogP contribution is 2.24. The number of aliphatic hydroxyl groups excluding tert-OH is 1. The number of β-amino-alcohol motifs (C(OH)–C–C–N with tert-alkyl or cyclic N) is 1. The van der Waals surface area contributed by atoms with Gasteiger partial charge in [0.1, 0.15) is 5.01 Å². The molecule has 1 fully saturated rings. The normalized spacial score (nSPS) is 17.2. The van der Waals surface area contributed by atoms with E-state index in [4.69, 9.17) is 5.11 Å². The summed E-state index contributed by atoms with van der Waals surface area (Å²) in [6.07, 6.45) is 3.77. The van der Waals surface area contributed by atoms with Gasteiger partial charge in [-0.2, -0.15) is 0 Å². The molecule has 2 aromatic rings. The number of aromatic nitrogens is 2. The van der Waals surface area contributed by atoms with Gasteiger partial charge in [-0.15, -0.1) is 11.3 Å². The van der Waals surface area contributed by atoms with Gasteiger partial charge in [0.05, 0.1) is 12.3 Å². The molecule has 21 heavy (non-hydrogen) atoms. The van der Waals surface area contributed by atoms with Crippen molar-refractivity contribution in [2.75, 3.05) is 39.3 Å². The van der Waals surface area contributed by atoms with E-state index in [2.05, 4.69) is 19.8 Å². The molecule has 112 valence electrons. The summed E-state index contributed by atoms with van der Waals surface area (Å²) in [7, 11) is 0. The summed E-state index contributed by atoms with van der Waals surface area (Å²) >= 11 is 1.72. The molecule has 1 saturated heterocycles. The van der Waals surface area contributed by atoms with Gasteiger partial charge in [0.15, 0.2) is 0 Å². The summed E-state index contributed by atoms with van der Waals surface area (Å²) in [4.78, 5) is 14.9. The predicted molar refractivity (Wildman–Crippen MR) is 84.1 cm³/mol. The molecule has 0 atom stereocenters. The smallest absolute Gasteiger partial charge is 0.142 e. The van der Waals surface area contributed by atoms with Crippen LogP contribution >= 0.6 is 11.3 Å². The van der Waals surface area contributed by atoms with Crippen LogP contribution in [-0.4, -0.2) is 64.2 Å². The Morgan fingerprint density at radius 2 is 1.90 bits per heavy atom. The van der Waals surface area contributed by atoms with Crippen molar-refractivity contribution in [2.24, 2.45) is 0 Å². The highest BCUT2D eigenvalue weighted by molar-refractivity contribution is 7.14. The lowest BCUT2D eigenvalue weighted by atomic mass is 10.3. The summed E-state index contributed by atoms with van der Waals surface area (Å²) < 4.78 is 0. The third kappa shape index (κ3) is 3.85. The molecule has 0 spiro atoms. The van der Waals surface area contributed by atoms with Crippen molar-refractivity contribution in [3.8, 4) is 10.7 Å². The molecule has 0 unspecified atom stereocenters. The molecule has 3 rings (SSSR count). The molecule has 0 bridgehead atoms. The van der Waals surface area contributed by atoms with Crippen LogP contribution in [0.5, 0.6) is 0 Å². The second-order valence-corrected chi connectivity index (χ2v) is 6.30. The van der Waals surface area contributed by atoms with E-state index in [0.29, 0.717) is 0 Å². The molecular weight excluding hydrogens is 284 g/mol. The number of nitrogens with zero attached hydrogens (tertiary/aromatic N) is 4. The molecular formula is C15H20N4OS. The predicted octanol–water partition coefficient (Wildman–Crippen LogP) is 1.31. The number of piperazine rings is 1. The number of rotatable bonds is 5. The van der Waals surface area contributed by atoms with Crippen molar-refractivity contribution in [3.05, 3.63) is 35.5 Å². The Kier molecular flexibility index (Phi) is 4.92. The van der Waals surface area contributed by atoms with Crippen LogP contribution in [-0.2, 0) is 6.54 Å². The van der Waals surface area contributed by atoms with Crippen molar-refractivity contribution < 1.29 is 5.11 Å². The van der Waals surface area contributed by atoms with Crippen LogP contribution in [0, 0.1) is 0 Å². The molecule has 0 saturated carbocycles. The van der Waals surface area contributed by atoms with Crippen molar-refractivity contribution in [1.82, 2.24) is 19.8 Å². The first-order valence-electron chi connectivity index (χ1n) is 7.27. The largest absolute Gasteiger partial charge is 0.395 e. The summed E-state index contributed by atoms with van der Waals surface area (Å²) in [5.74, 6) is 0. The number of hydrogen-bond acceptors (Lipinski definition) is 6. The van der Waals surface area contributed by atoms with Crippen molar-refractivity contribution in [1.29, 1.82) is 0 Å². The molecule has 6 heteroatoms. The molecule has 0 amide bonds. The maximum absolute atomic E-state index is 8.96. The van der Waals surface area contributed by atoms with E-state index in [1.807, 2.05) is 24.4 Å². The first kappa shape index (κ1) is 14.6. The minimum atomic E-state index is 0.252. The maximum Gasteiger partial charge on any atom is 0.142 e. The van der Waals surface area contributed by atoms with Gasteiger partial charge >= 0.3 is 0 Å². The highest BCUT2D eigenvalue weighted by Gasteiger charge is 2.17. The SMILES string of the molecule is OCCN1CCN(Cc2cnc(-c3ccccn3)s2)CC1. The molecule has 2 aromatic heterocycles. The Morgan fingerprint density at radius 1 is 1.10 bits per heavy atom. The van der Waals surface area contributed by atoms with Crippen molar-refractivity contribution in [3.63, 3.8) is 0 Å². The topological polar surface area (TPSA) is 52.5 Å². The quantitative estimate of drug-likeness (QED) is 0.903. The zero-order valence-electron chi connectivity index (χ0n) is 12.0. The zero-order chi connectivity index (χ0) is 14.5. The summed E-state index contributed by atoms with van der Waals surface area (Å²) in [5.41, 5.74) is 0.946.